The third kappa shape index (κ3) is 2.92. The summed E-state index contributed by atoms with van der Waals surface area (Å²) in [6.07, 6.45) is 3.64. The van der Waals surface area contributed by atoms with E-state index in [0.29, 0.717) is 24.2 Å². The van der Waals surface area contributed by atoms with Crippen LogP contribution in [0.5, 0.6) is 0 Å². The maximum Gasteiger partial charge on any atom is 0.155 e. The van der Waals surface area contributed by atoms with Gasteiger partial charge in [0, 0.05) is 12.3 Å². The molecule has 2 heterocycles. The zero-order chi connectivity index (χ0) is 13.3. The van der Waals surface area contributed by atoms with Crippen LogP contribution in [0.3, 0.4) is 0 Å². The van der Waals surface area contributed by atoms with E-state index in [1.54, 1.807) is 0 Å². The van der Waals surface area contributed by atoms with Gasteiger partial charge in [0.15, 0.2) is 6.29 Å². The Hall–Kier alpha value is 0.350. The lowest BCUT2D eigenvalue weighted by atomic mass is 9.76. The van der Waals surface area contributed by atoms with Gasteiger partial charge < -0.3 is 14.6 Å². The summed E-state index contributed by atoms with van der Waals surface area (Å²) < 4.78 is 14.0. The number of hydrogen-bond donors (Lipinski definition) is 1. The van der Waals surface area contributed by atoms with Gasteiger partial charge in [-0.2, -0.15) is 0 Å². The minimum absolute atomic E-state index is 0.0516. The van der Waals surface area contributed by atoms with E-state index < -0.39 is 6.29 Å². The van der Waals surface area contributed by atoms with Crippen molar-refractivity contribution in [2.24, 2.45) is 17.8 Å². The van der Waals surface area contributed by atoms with Crippen molar-refractivity contribution in [1.82, 2.24) is 0 Å². The molecule has 7 atom stereocenters. The number of halogens is 1. The molecule has 2 fully saturated rings. The van der Waals surface area contributed by atoms with Crippen LogP contribution >= 0.6 is 22.6 Å². The van der Waals surface area contributed by atoms with Gasteiger partial charge in [0.2, 0.25) is 0 Å². The van der Waals surface area contributed by atoms with Crippen molar-refractivity contribution in [2.45, 2.75) is 58.2 Å². The zero-order valence-corrected chi connectivity index (χ0v) is 13.4. The van der Waals surface area contributed by atoms with E-state index in [2.05, 4.69) is 53.5 Å². The van der Waals surface area contributed by atoms with Crippen molar-refractivity contribution in [1.29, 1.82) is 0 Å². The first-order chi connectivity index (χ1) is 8.54. The van der Waals surface area contributed by atoms with Gasteiger partial charge in [-0.05, 0) is 22.3 Å². The Bertz CT molecular complexity index is 305. The first kappa shape index (κ1) is 14.8. The fourth-order valence-electron chi connectivity index (χ4n) is 3.17. The van der Waals surface area contributed by atoms with E-state index in [1.165, 1.54) is 0 Å². The summed E-state index contributed by atoms with van der Waals surface area (Å²) in [5.74, 6) is 1.29. The molecule has 0 spiro atoms. The standard InChI is InChI=1S/C14H23IO3/c1-8(6-7-15)13-9(2)10(3)14-11(17-13)4-5-12(16)18-14/h6-14,16H,4-5H2,1-3H3/b7-6+/t8-,9-,10+,11-,12-,13-,14+/m0/s1. The summed E-state index contributed by atoms with van der Waals surface area (Å²) >= 11 is 2.26. The summed E-state index contributed by atoms with van der Waals surface area (Å²) in [7, 11) is 0. The SMILES string of the molecule is C[C@@H]1[C@H](C)[C@H]([C@@H](C)/C=C/I)O[C@H]2CC[C@@H](O)O[C@H]12. The van der Waals surface area contributed by atoms with Crippen LogP contribution in [-0.4, -0.2) is 29.7 Å². The molecule has 2 saturated heterocycles. The van der Waals surface area contributed by atoms with Crippen LogP contribution in [0.4, 0.5) is 0 Å². The highest BCUT2D eigenvalue weighted by Crippen LogP contribution is 2.40. The lowest BCUT2D eigenvalue weighted by molar-refractivity contribution is -0.269. The molecule has 104 valence electrons. The predicted molar refractivity (Wildman–Crippen MR) is 79.4 cm³/mol. The van der Waals surface area contributed by atoms with Crippen LogP contribution in [0.15, 0.2) is 10.2 Å². The minimum Gasteiger partial charge on any atom is -0.371 e. The van der Waals surface area contributed by atoms with E-state index >= 15 is 0 Å². The molecule has 0 amide bonds. The van der Waals surface area contributed by atoms with Gasteiger partial charge >= 0.3 is 0 Å². The highest BCUT2D eigenvalue weighted by Gasteiger charge is 2.45. The third-order valence-corrected chi connectivity index (χ3v) is 4.89. The van der Waals surface area contributed by atoms with Crippen molar-refractivity contribution in [2.75, 3.05) is 0 Å². The summed E-state index contributed by atoms with van der Waals surface area (Å²) in [6.45, 7) is 6.66. The van der Waals surface area contributed by atoms with Crippen LogP contribution in [0, 0.1) is 17.8 Å². The Balaban J connectivity index is 2.10. The molecule has 0 saturated carbocycles. The lowest BCUT2D eigenvalue weighted by Crippen LogP contribution is -2.55. The van der Waals surface area contributed by atoms with Crippen LogP contribution < -0.4 is 0 Å². The van der Waals surface area contributed by atoms with Crippen LogP contribution in [0.1, 0.15) is 33.6 Å². The number of fused-ring (bicyclic) bond motifs is 1. The zero-order valence-electron chi connectivity index (χ0n) is 11.3. The fraction of sp³-hybridized carbons (Fsp3) is 0.857. The molecular formula is C14H23IO3. The summed E-state index contributed by atoms with van der Waals surface area (Å²) in [5.41, 5.74) is 0. The first-order valence-electron chi connectivity index (χ1n) is 6.80. The largest absolute Gasteiger partial charge is 0.371 e. The van der Waals surface area contributed by atoms with E-state index in [1.807, 2.05) is 0 Å². The maximum atomic E-state index is 9.62. The molecule has 0 radical (unpaired) electrons. The molecule has 0 aliphatic carbocycles. The molecule has 0 unspecified atom stereocenters. The quantitative estimate of drug-likeness (QED) is 0.764. The summed E-state index contributed by atoms with van der Waals surface area (Å²) in [4.78, 5) is 0. The molecule has 0 bridgehead atoms. The Morgan fingerprint density at radius 3 is 2.61 bits per heavy atom. The summed E-state index contributed by atoms with van der Waals surface area (Å²) in [6, 6.07) is 0. The van der Waals surface area contributed by atoms with Crippen LogP contribution in [0.25, 0.3) is 0 Å². The molecule has 0 aromatic rings. The average molecular weight is 366 g/mol. The Labute approximate surface area is 123 Å². The topological polar surface area (TPSA) is 38.7 Å². The Morgan fingerprint density at radius 1 is 1.22 bits per heavy atom. The van der Waals surface area contributed by atoms with Gasteiger partial charge in [-0.3, -0.25) is 0 Å². The number of aliphatic hydroxyl groups is 1. The molecule has 0 aromatic carbocycles. The monoisotopic (exact) mass is 366 g/mol. The third-order valence-electron chi connectivity index (χ3n) is 4.47. The number of ether oxygens (including phenoxy) is 2. The van der Waals surface area contributed by atoms with Gasteiger partial charge in [-0.1, -0.05) is 49.4 Å². The minimum atomic E-state index is -0.604. The van der Waals surface area contributed by atoms with Gasteiger partial charge in [0.25, 0.3) is 0 Å². The number of hydrogen-bond acceptors (Lipinski definition) is 3. The second kappa shape index (κ2) is 6.20. The van der Waals surface area contributed by atoms with Crippen LogP contribution in [0.2, 0.25) is 0 Å². The summed E-state index contributed by atoms with van der Waals surface area (Å²) in [5, 5.41) is 9.62. The first-order valence-corrected chi connectivity index (χ1v) is 8.05. The van der Waals surface area contributed by atoms with E-state index in [0.717, 1.165) is 6.42 Å². The molecule has 2 aliphatic heterocycles. The lowest BCUT2D eigenvalue weighted by Gasteiger charge is -2.49. The van der Waals surface area contributed by atoms with E-state index in [-0.39, 0.29) is 18.3 Å². The second-order valence-electron chi connectivity index (χ2n) is 5.67. The molecular weight excluding hydrogens is 343 g/mol. The second-order valence-corrected chi connectivity index (χ2v) is 6.39. The van der Waals surface area contributed by atoms with E-state index in [9.17, 15) is 5.11 Å². The Morgan fingerprint density at radius 2 is 1.94 bits per heavy atom. The maximum absolute atomic E-state index is 9.62. The van der Waals surface area contributed by atoms with Crippen LogP contribution in [-0.2, 0) is 9.47 Å². The highest BCUT2D eigenvalue weighted by molar-refractivity contribution is 14.1. The molecule has 18 heavy (non-hydrogen) atoms. The van der Waals surface area contributed by atoms with Crippen molar-refractivity contribution in [3.63, 3.8) is 0 Å². The normalized spacial score (nSPS) is 46.9. The molecule has 4 heteroatoms. The van der Waals surface area contributed by atoms with E-state index in [4.69, 9.17) is 9.47 Å². The average Bonchev–Trinajstić information content (AvgIpc) is 2.34. The van der Waals surface area contributed by atoms with Gasteiger partial charge in [0.1, 0.15) is 0 Å². The number of aliphatic hydroxyl groups excluding tert-OH is 1. The van der Waals surface area contributed by atoms with Crippen molar-refractivity contribution in [3.8, 4) is 0 Å². The molecule has 3 nitrogen and oxygen atoms in total. The van der Waals surface area contributed by atoms with Crippen molar-refractivity contribution >= 4 is 22.6 Å². The van der Waals surface area contributed by atoms with Gasteiger partial charge in [-0.15, -0.1) is 0 Å². The highest BCUT2D eigenvalue weighted by atomic mass is 127. The molecule has 2 aliphatic rings. The molecule has 2 rings (SSSR count). The van der Waals surface area contributed by atoms with Gasteiger partial charge in [0.05, 0.1) is 18.3 Å². The van der Waals surface area contributed by atoms with Crippen molar-refractivity contribution in [3.05, 3.63) is 10.2 Å². The van der Waals surface area contributed by atoms with Crippen molar-refractivity contribution < 1.29 is 14.6 Å². The number of rotatable bonds is 2. The fourth-order valence-corrected chi connectivity index (χ4v) is 3.82. The predicted octanol–water partition coefficient (Wildman–Crippen LogP) is 3.11. The molecule has 0 aromatic heterocycles. The molecule has 1 N–H and O–H groups in total. The Kier molecular flexibility index (Phi) is 5.08. The smallest absolute Gasteiger partial charge is 0.155 e. The van der Waals surface area contributed by atoms with Gasteiger partial charge in [-0.25, -0.2) is 0 Å².